The van der Waals surface area contributed by atoms with Crippen LogP contribution in [0, 0.1) is 11.6 Å². The molecule has 0 aliphatic carbocycles. The topological polar surface area (TPSA) is 67.7 Å². The largest absolute Gasteiger partial charge is 0.465 e. The van der Waals surface area contributed by atoms with Gasteiger partial charge in [-0.1, -0.05) is 12.1 Å². The van der Waals surface area contributed by atoms with E-state index >= 15 is 0 Å². The zero-order valence-corrected chi connectivity index (χ0v) is 19.7. The predicted octanol–water partition coefficient (Wildman–Crippen LogP) is 3.84. The van der Waals surface area contributed by atoms with Gasteiger partial charge in [0.15, 0.2) is 0 Å². The zero-order valence-electron chi connectivity index (χ0n) is 19.7. The number of esters is 1. The van der Waals surface area contributed by atoms with Crippen molar-refractivity contribution in [2.24, 2.45) is 0 Å². The van der Waals surface area contributed by atoms with E-state index in [9.17, 15) is 18.4 Å². The van der Waals surface area contributed by atoms with E-state index in [4.69, 9.17) is 9.72 Å². The van der Waals surface area contributed by atoms with Gasteiger partial charge >= 0.3 is 5.97 Å². The number of piperazine rings is 1. The van der Waals surface area contributed by atoms with Crippen LogP contribution in [-0.4, -0.2) is 48.8 Å². The van der Waals surface area contributed by atoms with Gasteiger partial charge in [0, 0.05) is 31.9 Å². The lowest BCUT2D eigenvalue weighted by molar-refractivity contribution is 0.0601. The molecule has 0 spiro atoms. The van der Waals surface area contributed by atoms with Gasteiger partial charge in [-0.15, -0.1) is 0 Å². The highest BCUT2D eigenvalue weighted by atomic mass is 19.1. The van der Waals surface area contributed by atoms with Crippen molar-refractivity contribution in [1.82, 2.24) is 9.55 Å². The van der Waals surface area contributed by atoms with E-state index in [0.717, 1.165) is 11.3 Å². The third kappa shape index (κ3) is 4.64. The molecule has 36 heavy (non-hydrogen) atoms. The molecule has 0 N–H and O–H groups in total. The Bertz CT molecular complexity index is 1460. The quantitative estimate of drug-likeness (QED) is 0.396. The maximum Gasteiger partial charge on any atom is 0.337 e. The van der Waals surface area contributed by atoms with Gasteiger partial charge in [0.1, 0.15) is 11.6 Å². The van der Waals surface area contributed by atoms with Gasteiger partial charge in [0.05, 0.1) is 30.1 Å². The van der Waals surface area contributed by atoms with Crippen LogP contribution in [0.15, 0.2) is 71.5 Å². The third-order valence-electron chi connectivity index (χ3n) is 6.36. The van der Waals surface area contributed by atoms with E-state index in [1.807, 2.05) is 4.90 Å². The number of nitrogens with zero attached hydrogens (tertiary/aromatic N) is 4. The summed E-state index contributed by atoms with van der Waals surface area (Å²) in [7, 11) is 1.30. The SMILES string of the molecule is COC(=O)c1ccc2c(=O)n(Cc3ccc(F)cc3)c(N3CCN(c4ccc(F)cc4)CC3)nc2c1. The number of rotatable bonds is 5. The Labute approximate surface area is 206 Å². The first-order valence-corrected chi connectivity index (χ1v) is 11.6. The van der Waals surface area contributed by atoms with Crippen LogP contribution in [0.5, 0.6) is 0 Å². The highest BCUT2D eigenvalue weighted by Crippen LogP contribution is 2.22. The van der Waals surface area contributed by atoms with E-state index in [0.29, 0.717) is 48.6 Å². The molecule has 0 bridgehead atoms. The molecule has 0 unspecified atom stereocenters. The molecule has 1 aliphatic rings. The van der Waals surface area contributed by atoms with Gasteiger partial charge in [-0.25, -0.2) is 18.6 Å². The van der Waals surface area contributed by atoms with E-state index in [1.165, 1.54) is 31.4 Å². The molecule has 7 nitrogen and oxygen atoms in total. The average Bonchev–Trinajstić information content (AvgIpc) is 2.91. The minimum atomic E-state index is -0.511. The summed E-state index contributed by atoms with van der Waals surface area (Å²) in [6.07, 6.45) is 0. The second-order valence-electron chi connectivity index (χ2n) is 8.60. The molecule has 1 saturated heterocycles. The Morgan fingerprint density at radius 2 is 1.50 bits per heavy atom. The lowest BCUT2D eigenvalue weighted by atomic mass is 10.1. The summed E-state index contributed by atoms with van der Waals surface area (Å²) in [6, 6.07) is 17.0. The Morgan fingerprint density at radius 3 is 2.14 bits per heavy atom. The van der Waals surface area contributed by atoms with Crippen molar-refractivity contribution < 1.29 is 18.3 Å². The fraction of sp³-hybridized carbons (Fsp3) is 0.222. The molecular weight excluding hydrogens is 466 g/mol. The van der Waals surface area contributed by atoms with E-state index in [-0.39, 0.29) is 23.7 Å². The zero-order chi connectivity index (χ0) is 25.2. The second-order valence-corrected chi connectivity index (χ2v) is 8.60. The third-order valence-corrected chi connectivity index (χ3v) is 6.36. The maximum atomic E-state index is 13.6. The summed E-state index contributed by atoms with van der Waals surface area (Å²) < 4.78 is 33.2. The van der Waals surface area contributed by atoms with Crippen LogP contribution in [-0.2, 0) is 11.3 Å². The van der Waals surface area contributed by atoms with E-state index in [1.54, 1.807) is 47.0 Å². The first-order chi connectivity index (χ1) is 17.4. The normalized spacial score (nSPS) is 13.8. The van der Waals surface area contributed by atoms with E-state index in [2.05, 4.69) is 4.90 Å². The van der Waals surface area contributed by atoms with Crippen molar-refractivity contribution >= 4 is 28.5 Å². The van der Waals surface area contributed by atoms with Crippen LogP contribution in [0.3, 0.4) is 0 Å². The number of ether oxygens (including phenoxy) is 1. The number of fused-ring (bicyclic) bond motifs is 1. The fourth-order valence-corrected chi connectivity index (χ4v) is 4.43. The minimum Gasteiger partial charge on any atom is -0.465 e. The van der Waals surface area contributed by atoms with Crippen molar-refractivity contribution in [2.75, 3.05) is 43.1 Å². The Hall–Kier alpha value is -4.27. The number of hydrogen-bond donors (Lipinski definition) is 0. The van der Waals surface area contributed by atoms with Gasteiger partial charge in [-0.2, -0.15) is 0 Å². The molecular formula is C27H24F2N4O3. The van der Waals surface area contributed by atoms with Crippen molar-refractivity contribution in [1.29, 1.82) is 0 Å². The predicted molar refractivity (Wildman–Crippen MR) is 134 cm³/mol. The van der Waals surface area contributed by atoms with Crippen LogP contribution < -0.4 is 15.4 Å². The van der Waals surface area contributed by atoms with Crippen LogP contribution in [0.2, 0.25) is 0 Å². The number of benzene rings is 3. The van der Waals surface area contributed by atoms with Gasteiger partial charge in [-0.3, -0.25) is 9.36 Å². The standard InChI is InChI=1S/C27H24F2N4O3/c1-36-26(35)19-4-11-23-24(16-19)30-27(33(25(23)34)17-18-2-5-20(28)6-3-18)32-14-12-31(13-15-32)22-9-7-21(29)8-10-22/h2-11,16H,12-15,17H2,1H3. The molecule has 9 heteroatoms. The summed E-state index contributed by atoms with van der Waals surface area (Å²) in [5.41, 5.74) is 2.14. The number of carbonyl (C=O) groups excluding carboxylic acids is 1. The molecule has 0 radical (unpaired) electrons. The Morgan fingerprint density at radius 1 is 0.889 bits per heavy atom. The molecule has 1 aliphatic heterocycles. The smallest absolute Gasteiger partial charge is 0.337 e. The minimum absolute atomic E-state index is 0.217. The number of aromatic nitrogens is 2. The van der Waals surface area contributed by atoms with Gasteiger partial charge < -0.3 is 14.5 Å². The van der Waals surface area contributed by atoms with Crippen molar-refractivity contribution in [3.8, 4) is 0 Å². The molecule has 3 aromatic carbocycles. The number of halogens is 2. The highest BCUT2D eigenvalue weighted by molar-refractivity contribution is 5.94. The van der Waals surface area contributed by atoms with Crippen LogP contribution in [0.4, 0.5) is 20.4 Å². The van der Waals surface area contributed by atoms with Crippen molar-refractivity contribution in [3.05, 3.63) is 99.8 Å². The number of hydrogen-bond acceptors (Lipinski definition) is 6. The molecule has 1 fully saturated rings. The average molecular weight is 491 g/mol. The van der Waals surface area contributed by atoms with Gasteiger partial charge in [0.25, 0.3) is 5.56 Å². The molecule has 184 valence electrons. The maximum absolute atomic E-state index is 13.6. The summed E-state index contributed by atoms with van der Waals surface area (Å²) in [6.45, 7) is 2.68. The van der Waals surface area contributed by atoms with Crippen LogP contribution in [0.25, 0.3) is 10.9 Å². The summed E-state index contributed by atoms with van der Waals surface area (Å²) in [5, 5.41) is 0.374. The number of anilines is 2. The second kappa shape index (κ2) is 9.77. The van der Waals surface area contributed by atoms with Crippen molar-refractivity contribution in [2.45, 2.75) is 6.54 Å². The van der Waals surface area contributed by atoms with Crippen molar-refractivity contribution in [3.63, 3.8) is 0 Å². The van der Waals surface area contributed by atoms with Crippen LogP contribution >= 0.6 is 0 Å². The van der Waals surface area contributed by atoms with E-state index < -0.39 is 5.97 Å². The first kappa shape index (κ1) is 23.5. The van der Waals surface area contributed by atoms with Crippen LogP contribution in [0.1, 0.15) is 15.9 Å². The molecule has 5 rings (SSSR count). The summed E-state index contributed by atoms with van der Waals surface area (Å²) >= 11 is 0. The number of carbonyl (C=O) groups is 1. The summed E-state index contributed by atoms with van der Waals surface area (Å²) in [5.74, 6) is -0.676. The number of methoxy groups -OCH3 is 1. The fourth-order valence-electron chi connectivity index (χ4n) is 4.43. The summed E-state index contributed by atoms with van der Waals surface area (Å²) in [4.78, 5) is 34.6. The highest BCUT2D eigenvalue weighted by Gasteiger charge is 2.23. The molecule has 0 atom stereocenters. The van der Waals surface area contributed by atoms with Gasteiger partial charge in [0.2, 0.25) is 5.95 Å². The molecule has 0 saturated carbocycles. The Kier molecular flexibility index (Phi) is 6.37. The van der Waals surface area contributed by atoms with Gasteiger partial charge in [-0.05, 0) is 60.2 Å². The monoisotopic (exact) mass is 490 g/mol. The Balaban J connectivity index is 1.52. The lowest BCUT2D eigenvalue weighted by Crippen LogP contribution is -2.48. The molecule has 1 aromatic heterocycles. The lowest BCUT2D eigenvalue weighted by Gasteiger charge is -2.37. The molecule has 0 amide bonds. The first-order valence-electron chi connectivity index (χ1n) is 11.6. The molecule has 4 aromatic rings. The molecule has 2 heterocycles.